The summed E-state index contributed by atoms with van der Waals surface area (Å²) in [7, 11) is 6.19. The van der Waals surface area contributed by atoms with E-state index in [0.717, 1.165) is 65.1 Å². The molecule has 0 atom stereocenters. The first kappa shape index (κ1) is 24.2. The van der Waals surface area contributed by atoms with Gasteiger partial charge >= 0.3 is 0 Å². The predicted molar refractivity (Wildman–Crippen MR) is 137 cm³/mol. The summed E-state index contributed by atoms with van der Waals surface area (Å²) in [6.45, 7) is 5.77. The van der Waals surface area contributed by atoms with Crippen LogP contribution in [0, 0.1) is 19.8 Å². The molecule has 1 aliphatic carbocycles. The van der Waals surface area contributed by atoms with E-state index in [4.69, 9.17) is 9.97 Å². The van der Waals surface area contributed by atoms with E-state index in [-0.39, 0.29) is 0 Å². The summed E-state index contributed by atoms with van der Waals surface area (Å²) in [5.41, 5.74) is 3.01. The smallest absolute Gasteiger partial charge is 0.196 e. The predicted octanol–water partition coefficient (Wildman–Crippen LogP) is 4.23. The molecule has 9 heteroatoms. The molecule has 0 aliphatic heterocycles. The second-order valence-electron chi connectivity index (χ2n) is 9.25. The van der Waals surface area contributed by atoms with Crippen LogP contribution in [0.3, 0.4) is 0 Å². The topological polar surface area (TPSA) is 90.0 Å². The third-order valence-corrected chi connectivity index (χ3v) is 6.71. The summed E-state index contributed by atoms with van der Waals surface area (Å²) < 4.78 is 0. The molecular formula is C25H33N7OS. The number of nitrogens with zero attached hydrogens (tertiary/aromatic N) is 5. The number of carbonyl (C=O) groups excluding carboxylic acids is 1. The monoisotopic (exact) mass is 479 g/mol. The fourth-order valence-electron chi connectivity index (χ4n) is 3.61. The van der Waals surface area contributed by atoms with Crippen LogP contribution in [-0.4, -0.2) is 65.1 Å². The Morgan fingerprint density at radius 1 is 1.12 bits per heavy atom. The number of Topliss-reactive ketones (excluding diaryl/α,β-unsaturated/α-hetero) is 1. The summed E-state index contributed by atoms with van der Waals surface area (Å²) in [4.78, 5) is 27.2. The Morgan fingerprint density at radius 2 is 1.85 bits per heavy atom. The standard InChI is InChI=1S/C25H33N7OS/c1-16-14-22(30-29-16)26-23-17(2)24(32(5)13-12-31(3)4)28-25(27-23)34-20-10-6-18(7-11-20)15-21(33)19-8-9-19/h6-7,10-11,14,19H,8-9,12-13,15H2,1-5H3,(H2,26,27,28,29,30). The molecule has 0 amide bonds. The summed E-state index contributed by atoms with van der Waals surface area (Å²) >= 11 is 1.52. The van der Waals surface area contributed by atoms with Crippen molar-refractivity contribution in [2.24, 2.45) is 5.92 Å². The Kier molecular flexibility index (Phi) is 7.53. The molecule has 2 N–H and O–H groups in total. The van der Waals surface area contributed by atoms with Crippen molar-refractivity contribution in [2.75, 3.05) is 44.4 Å². The number of nitrogens with one attached hydrogen (secondary N) is 2. The maximum Gasteiger partial charge on any atom is 0.196 e. The van der Waals surface area contributed by atoms with Gasteiger partial charge in [-0.3, -0.25) is 9.89 Å². The molecule has 1 aliphatic rings. The van der Waals surface area contributed by atoms with Gasteiger partial charge in [0.2, 0.25) is 0 Å². The number of hydrogen-bond acceptors (Lipinski definition) is 8. The first-order valence-electron chi connectivity index (χ1n) is 11.6. The summed E-state index contributed by atoms with van der Waals surface area (Å²) in [5, 5.41) is 11.3. The van der Waals surface area contributed by atoms with E-state index in [2.05, 4.69) is 46.5 Å². The van der Waals surface area contributed by atoms with E-state index in [1.807, 2.05) is 44.2 Å². The minimum Gasteiger partial charge on any atom is -0.358 e. The van der Waals surface area contributed by atoms with E-state index < -0.39 is 0 Å². The zero-order chi connectivity index (χ0) is 24.2. The number of rotatable bonds is 11. The van der Waals surface area contributed by atoms with E-state index in [9.17, 15) is 4.79 Å². The van der Waals surface area contributed by atoms with Gasteiger partial charge in [-0.15, -0.1) is 0 Å². The van der Waals surface area contributed by atoms with Gasteiger partial charge in [0.1, 0.15) is 17.4 Å². The molecule has 0 unspecified atom stereocenters. The van der Waals surface area contributed by atoms with Gasteiger partial charge in [0, 0.05) is 54.7 Å². The number of H-pyrrole nitrogens is 1. The minimum atomic E-state index is 0.294. The van der Waals surface area contributed by atoms with Gasteiger partial charge < -0.3 is 15.1 Å². The van der Waals surface area contributed by atoms with E-state index in [1.54, 1.807) is 0 Å². The molecule has 1 fully saturated rings. The molecule has 1 aromatic carbocycles. The third-order valence-electron chi connectivity index (χ3n) is 5.84. The van der Waals surface area contributed by atoms with Crippen molar-refractivity contribution in [2.45, 2.75) is 43.2 Å². The molecule has 3 aromatic rings. The van der Waals surface area contributed by atoms with Gasteiger partial charge in [-0.05, 0) is 70.2 Å². The second-order valence-corrected chi connectivity index (χ2v) is 10.3. The molecular weight excluding hydrogens is 446 g/mol. The van der Waals surface area contributed by atoms with Crippen molar-refractivity contribution >= 4 is 35.0 Å². The van der Waals surface area contributed by atoms with Crippen LogP contribution in [0.25, 0.3) is 0 Å². The number of aromatic nitrogens is 4. The number of carbonyl (C=O) groups is 1. The first-order chi connectivity index (χ1) is 16.3. The van der Waals surface area contributed by atoms with Crippen LogP contribution in [-0.2, 0) is 11.2 Å². The normalized spacial score (nSPS) is 13.4. The number of ketones is 1. The number of benzene rings is 1. The van der Waals surface area contributed by atoms with Gasteiger partial charge in [-0.25, -0.2) is 9.97 Å². The van der Waals surface area contributed by atoms with Crippen LogP contribution in [0.1, 0.15) is 29.7 Å². The third kappa shape index (κ3) is 6.36. The summed E-state index contributed by atoms with van der Waals surface area (Å²) in [5.74, 6) is 3.00. The number of aryl methyl sites for hydroxylation is 1. The van der Waals surface area contributed by atoms with Crippen LogP contribution in [0.2, 0.25) is 0 Å². The van der Waals surface area contributed by atoms with Gasteiger partial charge in [-0.2, -0.15) is 5.10 Å². The van der Waals surface area contributed by atoms with Gasteiger partial charge in [0.05, 0.1) is 0 Å². The molecule has 1 saturated carbocycles. The zero-order valence-electron chi connectivity index (χ0n) is 20.6. The highest BCUT2D eigenvalue weighted by Gasteiger charge is 2.29. The van der Waals surface area contributed by atoms with Crippen LogP contribution in [0.5, 0.6) is 0 Å². The molecule has 0 bridgehead atoms. The Hall–Kier alpha value is -2.91. The maximum atomic E-state index is 12.1. The lowest BCUT2D eigenvalue weighted by Gasteiger charge is -2.23. The van der Waals surface area contributed by atoms with Gasteiger partial charge in [-0.1, -0.05) is 12.1 Å². The van der Waals surface area contributed by atoms with E-state index >= 15 is 0 Å². The van der Waals surface area contributed by atoms with Crippen molar-refractivity contribution in [3.05, 3.63) is 47.2 Å². The molecule has 0 radical (unpaired) electrons. The molecule has 8 nitrogen and oxygen atoms in total. The van der Waals surface area contributed by atoms with Crippen molar-refractivity contribution in [1.29, 1.82) is 0 Å². The average molecular weight is 480 g/mol. The van der Waals surface area contributed by atoms with Crippen LogP contribution >= 0.6 is 11.8 Å². The van der Waals surface area contributed by atoms with Gasteiger partial charge in [0.25, 0.3) is 0 Å². The fraction of sp³-hybridized carbons (Fsp3) is 0.440. The lowest BCUT2D eigenvalue weighted by Crippen LogP contribution is -2.29. The van der Waals surface area contributed by atoms with Crippen LogP contribution in [0.15, 0.2) is 40.4 Å². The maximum absolute atomic E-state index is 12.1. The Balaban J connectivity index is 1.56. The van der Waals surface area contributed by atoms with Crippen molar-refractivity contribution in [3.63, 3.8) is 0 Å². The number of anilines is 3. The van der Waals surface area contributed by atoms with Crippen LogP contribution < -0.4 is 10.2 Å². The molecule has 4 rings (SSSR count). The summed E-state index contributed by atoms with van der Waals surface area (Å²) in [6.07, 6.45) is 2.63. The fourth-order valence-corrected chi connectivity index (χ4v) is 4.37. The lowest BCUT2D eigenvalue weighted by molar-refractivity contribution is -0.119. The lowest BCUT2D eigenvalue weighted by atomic mass is 10.1. The largest absolute Gasteiger partial charge is 0.358 e. The molecule has 180 valence electrons. The van der Waals surface area contributed by atoms with Crippen molar-refractivity contribution in [1.82, 2.24) is 25.1 Å². The molecule has 34 heavy (non-hydrogen) atoms. The first-order valence-corrected chi connectivity index (χ1v) is 12.4. The van der Waals surface area contributed by atoms with Crippen LogP contribution in [0.4, 0.5) is 17.5 Å². The molecule has 0 spiro atoms. The Bertz CT molecular complexity index is 1140. The summed E-state index contributed by atoms with van der Waals surface area (Å²) in [6, 6.07) is 10.1. The zero-order valence-corrected chi connectivity index (χ0v) is 21.4. The number of aromatic amines is 1. The average Bonchev–Trinajstić information content (AvgIpc) is 3.58. The SMILES string of the molecule is Cc1cc(Nc2nc(Sc3ccc(CC(=O)C4CC4)cc3)nc(N(C)CCN(C)C)c2C)n[nH]1. The highest BCUT2D eigenvalue weighted by molar-refractivity contribution is 7.99. The minimum absolute atomic E-state index is 0.294. The Morgan fingerprint density at radius 3 is 2.47 bits per heavy atom. The highest BCUT2D eigenvalue weighted by atomic mass is 32.2. The molecule has 0 saturated heterocycles. The van der Waals surface area contributed by atoms with Gasteiger partial charge in [0.15, 0.2) is 11.0 Å². The highest BCUT2D eigenvalue weighted by Crippen LogP contribution is 2.33. The second kappa shape index (κ2) is 10.6. The number of likely N-dealkylation sites (N-methyl/N-ethyl adjacent to an activating group) is 2. The quantitative estimate of drug-likeness (QED) is 0.395. The number of hydrogen-bond donors (Lipinski definition) is 2. The Labute approximate surface area is 205 Å². The molecule has 2 heterocycles. The van der Waals surface area contributed by atoms with Crippen molar-refractivity contribution < 1.29 is 4.79 Å². The van der Waals surface area contributed by atoms with E-state index in [1.165, 1.54) is 11.8 Å². The van der Waals surface area contributed by atoms with E-state index in [0.29, 0.717) is 23.3 Å². The van der Waals surface area contributed by atoms with Crippen molar-refractivity contribution in [3.8, 4) is 0 Å². The molecule has 2 aromatic heterocycles.